The fourth-order valence-corrected chi connectivity index (χ4v) is 3.33. The van der Waals surface area contributed by atoms with Crippen molar-refractivity contribution in [3.8, 4) is 5.75 Å². The summed E-state index contributed by atoms with van der Waals surface area (Å²) >= 11 is 0. The molecule has 112 valence electrons. The Morgan fingerprint density at radius 2 is 1.75 bits per heavy atom. The summed E-state index contributed by atoms with van der Waals surface area (Å²) in [6.45, 7) is 6.76. The van der Waals surface area contributed by atoms with Gasteiger partial charge in [-0.05, 0) is 55.0 Å². The Labute approximate surface area is 123 Å². The van der Waals surface area contributed by atoms with Crippen LogP contribution in [0, 0.1) is 17.8 Å². The van der Waals surface area contributed by atoms with E-state index in [2.05, 4.69) is 31.3 Å². The molecule has 1 unspecified atom stereocenters. The minimum Gasteiger partial charge on any atom is -0.508 e. The average Bonchev–Trinajstić information content (AvgIpc) is 2.93. The van der Waals surface area contributed by atoms with Crippen molar-refractivity contribution in [2.45, 2.75) is 46.0 Å². The normalized spacial score (nSPS) is 17.8. The van der Waals surface area contributed by atoms with Gasteiger partial charge in [0.15, 0.2) is 0 Å². The lowest BCUT2D eigenvalue weighted by Crippen LogP contribution is -2.31. The molecule has 2 nitrogen and oxygen atoms in total. The Kier molecular flexibility index (Phi) is 5.90. The zero-order valence-electron chi connectivity index (χ0n) is 12.9. The van der Waals surface area contributed by atoms with Gasteiger partial charge in [-0.25, -0.2) is 0 Å². The number of nitrogens with one attached hydrogen (secondary N) is 1. The molecule has 1 aliphatic carbocycles. The van der Waals surface area contributed by atoms with Crippen LogP contribution in [0.4, 0.5) is 0 Å². The van der Waals surface area contributed by atoms with E-state index in [1.54, 1.807) is 0 Å². The molecule has 0 heterocycles. The summed E-state index contributed by atoms with van der Waals surface area (Å²) in [6, 6.07) is 7.75. The lowest BCUT2D eigenvalue weighted by molar-refractivity contribution is 0.316. The van der Waals surface area contributed by atoms with E-state index in [1.165, 1.54) is 31.2 Å². The van der Waals surface area contributed by atoms with Crippen molar-refractivity contribution in [2.75, 3.05) is 13.1 Å². The zero-order chi connectivity index (χ0) is 14.4. The Balaban J connectivity index is 1.92. The minimum atomic E-state index is 0.365. The van der Waals surface area contributed by atoms with Crippen molar-refractivity contribution in [3.63, 3.8) is 0 Å². The SMILES string of the molecule is CC(C)CNCC(Cc1ccc(O)cc1)C1CCCC1. The molecule has 0 amide bonds. The number of benzene rings is 1. The second kappa shape index (κ2) is 7.68. The predicted molar refractivity (Wildman–Crippen MR) is 85.0 cm³/mol. The first kappa shape index (κ1) is 15.4. The summed E-state index contributed by atoms with van der Waals surface area (Å²) in [5, 5.41) is 13.0. The number of hydrogen-bond acceptors (Lipinski definition) is 2. The van der Waals surface area contributed by atoms with Crippen molar-refractivity contribution in [2.24, 2.45) is 17.8 Å². The van der Waals surface area contributed by atoms with Gasteiger partial charge in [0.05, 0.1) is 0 Å². The topological polar surface area (TPSA) is 32.3 Å². The van der Waals surface area contributed by atoms with Crippen molar-refractivity contribution < 1.29 is 5.11 Å². The summed E-state index contributed by atoms with van der Waals surface area (Å²) in [7, 11) is 0. The molecule has 0 aromatic heterocycles. The third-order valence-corrected chi connectivity index (χ3v) is 4.46. The smallest absolute Gasteiger partial charge is 0.115 e. The van der Waals surface area contributed by atoms with Gasteiger partial charge >= 0.3 is 0 Å². The number of rotatable bonds is 7. The van der Waals surface area contributed by atoms with Gasteiger partial charge in [-0.15, -0.1) is 0 Å². The van der Waals surface area contributed by atoms with Crippen molar-refractivity contribution in [3.05, 3.63) is 29.8 Å². The standard InChI is InChI=1S/C18H29NO/c1-14(2)12-19-13-17(16-5-3-4-6-16)11-15-7-9-18(20)10-8-15/h7-10,14,16-17,19-20H,3-6,11-13H2,1-2H3. The van der Waals surface area contributed by atoms with E-state index in [-0.39, 0.29) is 0 Å². The fourth-order valence-electron chi connectivity index (χ4n) is 3.33. The molecule has 0 bridgehead atoms. The highest BCUT2D eigenvalue weighted by atomic mass is 16.3. The Morgan fingerprint density at radius 1 is 1.10 bits per heavy atom. The van der Waals surface area contributed by atoms with Gasteiger partial charge in [-0.2, -0.15) is 0 Å². The van der Waals surface area contributed by atoms with Crippen LogP contribution >= 0.6 is 0 Å². The molecule has 0 saturated heterocycles. The third-order valence-electron chi connectivity index (χ3n) is 4.46. The fraction of sp³-hybridized carbons (Fsp3) is 0.667. The maximum Gasteiger partial charge on any atom is 0.115 e. The van der Waals surface area contributed by atoms with Gasteiger partial charge in [-0.1, -0.05) is 51.7 Å². The molecule has 20 heavy (non-hydrogen) atoms. The second-order valence-electron chi connectivity index (χ2n) is 6.73. The molecule has 0 spiro atoms. The summed E-state index contributed by atoms with van der Waals surface area (Å²) in [4.78, 5) is 0. The van der Waals surface area contributed by atoms with Crippen LogP contribution in [-0.2, 0) is 6.42 Å². The van der Waals surface area contributed by atoms with Gasteiger partial charge < -0.3 is 10.4 Å². The molecule has 2 heteroatoms. The molecule has 0 aliphatic heterocycles. The Bertz CT molecular complexity index is 379. The van der Waals surface area contributed by atoms with Crippen molar-refractivity contribution in [1.29, 1.82) is 0 Å². The molecule has 1 aromatic rings. The monoisotopic (exact) mass is 275 g/mol. The number of phenolic OH excluding ortho intramolecular Hbond substituents is 1. The Morgan fingerprint density at radius 3 is 2.35 bits per heavy atom. The summed E-state index contributed by atoms with van der Waals surface area (Å²) in [5.74, 6) is 2.70. The van der Waals surface area contributed by atoms with Gasteiger partial charge in [0.1, 0.15) is 5.75 Å². The van der Waals surface area contributed by atoms with E-state index in [9.17, 15) is 5.11 Å². The van der Waals surface area contributed by atoms with E-state index >= 15 is 0 Å². The first-order valence-corrected chi connectivity index (χ1v) is 8.13. The molecule has 0 radical (unpaired) electrons. The van der Waals surface area contributed by atoms with E-state index in [0.29, 0.717) is 11.7 Å². The summed E-state index contributed by atoms with van der Waals surface area (Å²) in [5.41, 5.74) is 1.35. The largest absolute Gasteiger partial charge is 0.508 e. The lowest BCUT2D eigenvalue weighted by Gasteiger charge is -2.24. The van der Waals surface area contributed by atoms with Gasteiger partial charge in [0, 0.05) is 0 Å². The summed E-state index contributed by atoms with van der Waals surface area (Å²) < 4.78 is 0. The second-order valence-corrected chi connectivity index (χ2v) is 6.73. The van der Waals surface area contributed by atoms with Crippen molar-refractivity contribution in [1.82, 2.24) is 5.32 Å². The molecule has 1 saturated carbocycles. The van der Waals surface area contributed by atoms with Crippen LogP contribution in [0.25, 0.3) is 0 Å². The van der Waals surface area contributed by atoms with Gasteiger partial charge in [-0.3, -0.25) is 0 Å². The van der Waals surface area contributed by atoms with Crippen LogP contribution in [0.5, 0.6) is 5.75 Å². The highest BCUT2D eigenvalue weighted by molar-refractivity contribution is 5.26. The van der Waals surface area contributed by atoms with Crippen LogP contribution < -0.4 is 5.32 Å². The van der Waals surface area contributed by atoms with Crippen LogP contribution in [0.3, 0.4) is 0 Å². The average molecular weight is 275 g/mol. The third kappa shape index (κ3) is 4.82. The van der Waals surface area contributed by atoms with Gasteiger partial charge in [0.2, 0.25) is 0 Å². The quantitative estimate of drug-likeness (QED) is 0.788. The zero-order valence-corrected chi connectivity index (χ0v) is 12.9. The molecule has 1 atom stereocenters. The van der Waals surface area contributed by atoms with E-state index in [0.717, 1.165) is 31.3 Å². The van der Waals surface area contributed by atoms with Crippen LogP contribution in [0.2, 0.25) is 0 Å². The van der Waals surface area contributed by atoms with Crippen molar-refractivity contribution >= 4 is 0 Å². The molecule has 2 N–H and O–H groups in total. The first-order chi connectivity index (χ1) is 9.65. The summed E-state index contributed by atoms with van der Waals surface area (Å²) in [6.07, 6.45) is 6.73. The highest BCUT2D eigenvalue weighted by Gasteiger charge is 2.24. The number of aromatic hydroxyl groups is 1. The van der Waals surface area contributed by atoms with E-state index < -0.39 is 0 Å². The van der Waals surface area contributed by atoms with Crippen LogP contribution in [0.15, 0.2) is 24.3 Å². The molecule has 2 rings (SSSR count). The van der Waals surface area contributed by atoms with Crippen LogP contribution in [-0.4, -0.2) is 18.2 Å². The van der Waals surface area contributed by atoms with Crippen LogP contribution in [0.1, 0.15) is 45.1 Å². The van der Waals surface area contributed by atoms with E-state index in [1.807, 2.05) is 12.1 Å². The number of hydrogen-bond donors (Lipinski definition) is 2. The molecule has 1 fully saturated rings. The Hall–Kier alpha value is -1.02. The number of phenols is 1. The molecular weight excluding hydrogens is 246 g/mol. The molecule has 1 aliphatic rings. The highest BCUT2D eigenvalue weighted by Crippen LogP contribution is 2.33. The minimum absolute atomic E-state index is 0.365. The van der Waals surface area contributed by atoms with E-state index in [4.69, 9.17) is 0 Å². The first-order valence-electron chi connectivity index (χ1n) is 8.13. The lowest BCUT2D eigenvalue weighted by atomic mass is 9.85. The maximum atomic E-state index is 9.39. The predicted octanol–water partition coefficient (Wildman–Crippen LogP) is 3.99. The molecule has 1 aromatic carbocycles. The molecular formula is C18H29NO. The van der Waals surface area contributed by atoms with Gasteiger partial charge in [0.25, 0.3) is 0 Å². The maximum absolute atomic E-state index is 9.39.